The number of ether oxygens (including phenoxy) is 1. The van der Waals surface area contributed by atoms with Crippen LogP contribution in [0.3, 0.4) is 0 Å². The largest absolute Gasteiger partial charge is 0.450 e. The molecule has 1 fully saturated rings. The van der Waals surface area contributed by atoms with E-state index in [1.54, 1.807) is 0 Å². The molecular formula is C11H21NO2. The number of carbonyl (C=O) groups is 1. The van der Waals surface area contributed by atoms with Crippen LogP contribution < -0.4 is 0 Å². The molecule has 0 unspecified atom stereocenters. The highest BCUT2D eigenvalue weighted by molar-refractivity contribution is 5.68. The summed E-state index contributed by atoms with van der Waals surface area (Å²) in [5, 5.41) is 0. The fourth-order valence-corrected chi connectivity index (χ4v) is 1.83. The Hall–Kier alpha value is -0.730. The summed E-state index contributed by atoms with van der Waals surface area (Å²) in [4.78, 5) is 13.3. The fraction of sp³-hybridized carbons (Fsp3) is 0.909. The Balaban J connectivity index is 2.52. The first-order valence-electron chi connectivity index (χ1n) is 5.41. The Kier molecular flexibility index (Phi) is 3.40. The SMILES string of the molecule is CCOC(=O)N1CC[C@@](C)(C(C)C)C1. The minimum atomic E-state index is -0.156. The van der Waals surface area contributed by atoms with E-state index < -0.39 is 0 Å². The van der Waals surface area contributed by atoms with Gasteiger partial charge in [0.1, 0.15) is 0 Å². The normalized spacial score (nSPS) is 27.1. The van der Waals surface area contributed by atoms with Crippen molar-refractivity contribution < 1.29 is 9.53 Å². The van der Waals surface area contributed by atoms with Crippen molar-refractivity contribution in [2.45, 2.75) is 34.1 Å². The molecule has 0 aliphatic carbocycles. The van der Waals surface area contributed by atoms with Gasteiger partial charge < -0.3 is 9.64 Å². The molecule has 3 nitrogen and oxygen atoms in total. The van der Waals surface area contributed by atoms with Crippen molar-refractivity contribution in [3.63, 3.8) is 0 Å². The van der Waals surface area contributed by atoms with Crippen LogP contribution in [0.15, 0.2) is 0 Å². The van der Waals surface area contributed by atoms with Crippen molar-refractivity contribution in [1.82, 2.24) is 4.90 Å². The molecule has 0 radical (unpaired) electrons. The second-order valence-corrected chi connectivity index (χ2v) is 4.68. The molecule has 0 aromatic rings. The standard InChI is InChI=1S/C11H21NO2/c1-5-14-10(13)12-7-6-11(4,8-12)9(2)3/h9H,5-8H2,1-4H3/t11-/m1/s1. The molecule has 0 N–H and O–H groups in total. The Morgan fingerprint density at radius 3 is 2.64 bits per heavy atom. The Morgan fingerprint density at radius 1 is 1.57 bits per heavy atom. The summed E-state index contributed by atoms with van der Waals surface area (Å²) in [6.45, 7) is 10.7. The van der Waals surface area contributed by atoms with Gasteiger partial charge in [0.2, 0.25) is 0 Å². The van der Waals surface area contributed by atoms with Crippen LogP contribution in [0.4, 0.5) is 4.79 Å². The summed E-state index contributed by atoms with van der Waals surface area (Å²) in [6.07, 6.45) is 0.931. The summed E-state index contributed by atoms with van der Waals surface area (Å²) < 4.78 is 4.99. The van der Waals surface area contributed by atoms with E-state index in [4.69, 9.17) is 4.74 Å². The van der Waals surface area contributed by atoms with Crippen molar-refractivity contribution >= 4 is 6.09 Å². The lowest BCUT2D eigenvalue weighted by molar-refractivity contribution is 0.108. The topological polar surface area (TPSA) is 29.5 Å². The second-order valence-electron chi connectivity index (χ2n) is 4.68. The molecule has 1 amide bonds. The predicted octanol–water partition coefficient (Wildman–Crippen LogP) is 2.51. The van der Waals surface area contributed by atoms with Gasteiger partial charge >= 0.3 is 6.09 Å². The molecule has 3 heteroatoms. The van der Waals surface area contributed by atoms with Gasteiger partial charge in [0, 0.05) is 13.1 Å². The van der Waals surface area contributed by atoms with Crippen LogP contribution in [-0.4, -0.2) is 30.7 Å². The van der Waals surface area contributed by atoms with Gasteiger partial charge in [-0.25, -0.2) is 4.79 Å². The highest BCUT2D eigenvalue weighted by Crippen LogP contribution is 2.37. The van der Waals surface area contributed by atoms with Crippen molar-refractivity contribution in [2.24, 2.45) is 11.3 Å². The van der Waals surface area contributed by atoms with E-state index in [2.05, 4.69) is 20.8 Å². The Morgan fingerprint density at radius 2 is 2.21 bits per heavy atom. The molecule has 0 aromatic carbocycles. The smallest absolute Gasteiger partial charge is 0.409 e. The first kappa shape index (κ1) is 11.3. The van der Waals surface area contributed by atoms with Gasteiger partial charge in [-0.2, -0.15) is 0 Å². The third-order valence-electron chi connectivity index (χ3n) is 3.42. The number of nitrogens with zero attached hydrogens (tertiary/aromatic N) is 1. The van der Waals surface area contributed by atoms with Crippen LogP contribution in [-0.2, 0) is 4.74 Å². The van der Waals surface area contributed by atoms with E-state index in [1.165, 1.54) is 0 Å². The minimum absolute atomic E-state index is 0.156. The summed E-state index contributed by atoms with van der Waals surface area (Å²) in [6, 6.07) is 0. The number of likely N-dealkylation sites (tertiary alicyclic amines) is 1. The molecule has 1 atom stereocenters. The number of carbonyl (C=O) groups excluding carboxylic acids is 1. The van der Waals surface area contributed by atoms with Gasteiger partial charge in [-0.3, -0.25) is 0 Å². The zero-order valence-electron chi connectivity index (χ0n) is 9.67. The van der Waals surface area contributed by atoms with E-state index in [9.17, 15) is 4.79 Å². The van der Waals surface area contributed by atoms with E-state index in [-0.39, 0.29) is 11.5 Å². The second kappa shape index (κ2) is 4.20. The number of hydrogen-bond acceptors (Lipinski definition) is 2. The first-order chi connectivity index (χ1) is 6.49. The minimum Gasteiger partial charge on any atom is -0.450 e. The van der Waals surface area contributed by atoms with Crippen molar-refractivity contribution in [2.75, 3.05) is 19.7 Å². The number of rotatable bonds is 2. The Bertz CT molecular complexity index is 215. The van der Waals surface area contributed by atoms with Crippen LogP contribution in [0.2, 0.25) is 0 Å². The quantitative estimate of drug-likeness (QED) is 0.684. The zero-order chi connectivity index (χ0) is 10.8. The van der Waals surface area contributed by atoms with Gasteiger partial charge in [-0.05, 0) is 24.7 Å². The van der Waals surface area contributed by atoms with Crippen LogP contribution in [0.1, 0.15) is 34.1 Å². The maximum atomic E-state index is 11.5. The fourth-order valence-electron chi connectivity index (χ4n) is 1.83. The molecule has 0 bridgehead atoms. The van der Waals surface area contributed by atoms with Crippen LogP contribution in [0, 0.1) is 11.3 Å². The van der Waals surface area contributed by atoms with Crippen molar-refractivity contribution in [3.05, 3.63) is 0 Å². The molecule has 0 saturated carbocycles. The average molecular weight is 199 g/mol. The van der Waals surface area contributed by atoms with Gasteiger partial charge in [-0.1, -0.05) is 20.8 Å². The van der Waals surface area contributed by atoms with E-state index in [0.29, 0.717) is 12.5 Å². The van der Waals surface area contributed by atoms with Gasteiger partial charge in [0.25, 0.3) is 0 Å². The zero-order valence-corrected chi connectivity index (χ0v) is 9.67. The maximum absolute atomic E-state index is 11.5. The summed E-state index contributed by atoms with van der Waals surface area (Å²) in [5.74, 6) is 0.613. The lowest BCUT2D eigenvalue weighted by Crippen LogP contribution is -2.33. The van der Waals surface area contributed by atoms with E-state index >= 15 is 0 Å². The highest BCUT2D eigenvalue weighted by Gasteiger charge is 2.38. The third kappa shape index (κ3) is 2.20. The van der Waals surface area contributed by atoms with Gasteiger partial charge in [-0.15, -0.1) is 0 Å². The van der Waals surface area contributed by atoms with Crippen LogP contribution in [0.5, 0.6) is 0 Å². The summed E-state index contributed by atoms with van der Waals surface area (Å²) in [7, 11) is 0. The van der Waals surface area contributed by atoms with Crippen molar-refractivity contribution in [1.29, 1.82) is 0 Å². The number of amides is 1. The first-order valence-corrected chi connectivity index (χ1v) is 5.41. The third-order valence-corrected chi connectivity index (χ3v) is 3.42. The molecule has 1 rings (SSSR count). The number of hydrogen-bond donors (Lipinski definition) is 0. The molecule has 14 heavy (non-hydrogen) atoms. The predicted molar refractivity (Wildman–Crippen MR) is 56.2 cm³/mol. The maximum Gasteiger partial charge on any atom is 0.409 e. The van der Waals surface area contributed by atoms with Gasteiger partial charge in [0.05, 0.1) is 6.61 Å². The van der Waals surface area contributed by atoms with Gasteiger partial charge in [0.15, 0.2) is 0 Å². The monoisotopic (exact) mass is 199 g/mol. The van der Waals surface area contributed by atoms with Crippen molar-refractivity contribution in [3.8, 4) is 0 Å². The Labute approximate surface area is 86.4 Å². The van der Waals surface area contributed by atoms with Crippen LogP contribution >= 0.6 is 0 Å². The van der Waals surface area contributed by atoms with E-state index in [0.717, 1.165) is 19.5 Å². The molecular weight excluding hydrogens is 178 g/mol. The summed E-state index contributed by atoms with van der Waals surface area (Å²) >= 11 is 0. The summed E-state index contributed by atoms with van der Waals surface area (Å²) in [5.41, 5.74) is 0.271. The molecule has 0 spiro atoms. The molecule has 1 aliphatic rings. The molecule has 1 saturated heterocycles. The average Bonchev–Trinajstić information content (AvgIpc) is 2.50. The molecule has 1 aliphatic heterocycles. The van der Waals surface area contributed by atoms with E-state index in [1.807, 2.05) is 11.8 Å². The molecule has 0 aromatic heterocycles. The van der Waals surface area contributed by atoms with Crippen LogP contribution in [0.25, 0.3) is 0 Å². The molecule has 82 valence electrons. The highest BCUT2D eigenvalue weighted by atomic mass is 16.6. The lowest BCUT2D eigenvalue weighted by Gasteiger charge is -2.28. The molecule has 1 heterocycles. The lowest BCUT2D eigenvalue weighted by atomic mass is 9.79.